The van der Waals surface area contributed by atoms with Crippen molar-refractivity contribution in [3.63, 3.8) is 0 Å². The Morgan fingerprint density at radius 2 is 2.00 bits per heavy atom. The summed E-state index contributed by atoms with van der Waals surface area (Å²) in [6.07, 6.45) is -0.342. The van der Waals surface area contributed by atoms with Gasteiger partial charge in [-0.2, -0.15) is 0 Å². The predicted octanol–water partition coefficient (Wildman–Crippen LogP) is 1.86. The Labute approximate surface area is 111 Å². The first-order chi connectivity index (χ1) is 8.74. The van der Waals surface area contributed by atoms with Gasteiger partial charge >= 0.3 is 6.09 Å². The van der Waals surface area contributed by atoms with Gasteiger partial charge in [-0.15, -0.1) is 0 Å². The molecular weight excluding hydrogens is 250 g/mol. The molecule has 0 aromatic heterocycles. The molecule has 6 nitrogen and oxygen atoms in total. The van der Waals surface area contributed by atoms with E-state index in [0.717, 1.165) is 0 Å². The number of phenolic OH excluding ortho intramolecular Hbond substituents is 2. The van der Waals surface area contributed by atoms with Crippen molar-refractivity contribution in [1.29, 1.82) is 0 Å². The molecule has 0 saturated carbocycles. The van der Waals surface area contributed by atoms with Gasteiger partial charge in [0.2, 0.25) is 0 Å². The van der Waals surface area contributed by atoms with Crippen LogP contribution < -0.4 is 5.32 Å². The lowest BCUT2D eigenvalue weighted by atomic mass is 10.1. The number of carbonyl (C=O) groups is 2. The second-order valence-electron chi connectivity index (χ2n) is 4.97. The van der Waals surface area contributed by atoms with Crippen molar-refractivity contribution < 1.29 is 24.5 Å². The highest BCUT2D eigenvalue weighted by atomic mass is 16.6. The van der Waals surface area contributed by atoms with Crippen LogP contribution in [0.3, 0.4) is 0 Å². The summed E-state index contributed by atoms with van der Waals surface area (Å²) in [5.41, 5.74) is -0.598. The molecule has 1 amide bonds. The quantitative estimate of drug-likeness (QED) is 0.574. The van der Waals surface area contributed by atoms with Crippen LogP contribution in [0.1, 0.15) is 32.4 Å². The minimum atomic E-state index is -1.10. The van der Waals surface area contributed by atoms with E-state index < -0.39 is 23.5 Å². The molecule has 0 aliphatic carbocycles. The number of aldehydes is 1. The maximum atomic E-state index is 11.6. The topological polar surface area (TPSA) is 95.9 Å². The molecule has 0 aliphatic heterocycles. The first-order valence-corrected chi connectivity index (χ1v) is 5.70. The predicted molar refractivity (Wildman–Crippen MR) is 67.9 cm³/mol. The molecule has 0 aliphatic rings. The number of aromatic hydroxyl groups is 2. The van der Waals surface area contributed by atoms with Crippen molar-refractivity contribution in [2.75, 3.05) is 0 Å². The summed E-state index contributed by atoms with van der Waals surface area (Å²) >= 11 is 0. The van der Waals surface area contributed by atoms with Crippen LogP contribution in [0.4, 0.5) is 4.79 Å². The summed E-state index contributed by atoms with van der Waals surface area (Å²) in [7, 11) is 0. The average Bonchev–Trinajstić information content (AvgIpc) is 2.27. The second kappa shape index (κ2) is 5.60. The van der Waals surface area contributed by atoms with Crippen LogP contribution in [0.5, 0.6) is 11.5 Å². The van der Waals surface area contributed by atoms with E-state index in [1.54, 1.807) is 20.8 Å². The maximum absolute atomic E-state index is 11.6. The molecule has 6 heteroatoms. The number of para-hydroxylation sites is 1. The zero-order valence-electron chi connectivity index (χ0n) is 11.0. The van der Waals surface area contributed by atoms with E-state index in [9.17, 15) is 19.8 Å². The van der Waals surface area contributed by atoms with Crippen LogP contribution in [-0.4, -0.2) is 28.2 Å². The molecule has 0 bridgehead atoms. The van der Waals surface area contributed by atoms with Crippen LogP contribution in [0.15, 0.2) is 18.2 Å². The van der Waals surface area contributed by atoms with Gasteiger partial charge in [-0.25, -0.2) is 4.79 Å². The average molecular weight is 267 g/mol. The first kappa shape index (κ1) is 14.8. The molecule has 0 fully saturated rings. The minimum absolute atomic E-state index is 0.0980. The molecule has 19 heavy (non-hydrogen) atoms. The van der Waals surface area contributed by atoms with Crippen molar-refractivity contribution in [1.82, 2.24) is 5.32 Å². The van der Waals surface area contributed by atoms with Gasteiger partial charge in [0.05, 0.1) is 0 Å². The number of carbonyl (C=O) groups excluding carboxylic acids is 2. The summed E-state index contributed by atoms with van der Waals surface area (Å²) in [6.45, 7) is 5.07. The molecule has 104 valence electrons. The zero-order chi connectivity index (χ0) is 14.6. The third-order valence-corrected chi connectivity index (χ3v) is 2.19. The molecule has 0 saturated heterocycles. The van der Waals surface area contributed by atoms with Crippen molar-refractivity contribution >= 4 is 12.4 Å². The lowest BCUT2D eigenvalue weighted by Gasteiger charge is -2.22. The number of hydrogen-bond donors (Lipinski definition) is 3. The normalized spacial score (nSPS) is 12.6. The first-order valence-electron chi connectivity index (χ1n) is 5.70. The van der Waals surface area contributed by atoms with Gasteiger partial charge in [0.15, 0.2) is 11.5 Å². The fourth-order valence-electron chi connectivity index (χ4n) is 1.42. The van der Waals surface area contributed by atoms with E-state index in [-0.39, 0.29) is 11.3 Å². The van der Waals surface area contributed by atoms with E-state index in [1.165, 1.54) is 18.2 Å². The fraction of sp³-hybridized carbons (Fsp3) is 0.385. The Balaban J connectivity index is 2.87. The van der Waals surface area contributed by atoms with Crippen molar-refractivity contribution in [2.24, 2.45) is 0 Å². The van der Waals surface area contributed by atoms with E-state index in [0.29, 0.717) is 6.29 Å². The Morgan fingerprint density at radius 3 is 2.53 bits per heavy atom. The smallest absolute Gasteiger partial charge is 0.408 e. The minimum Gasteiger partial charge on any atom is -0.504 e. The van der Waals surface area contributed by atoms with Crippen molar-refractivity contribution in [3.05, 3.63) is 23.8 Å². The van der Waals surface area contributed by atoms with Gasteiger partial charge in [-0.05, 0) is 26.8 Å². The number of ether oxygens (including phenoxy) is 1. The van der Waals surface area contributed by atoms with Gasteiger partial charge < -0.3 is 25.1 Å². The summed E-state index contributed by atoms with van der Waals surface area (Å²) in [4.78, 5) is 22.6. The highest BCUT2D eigenvalue weighted by molar-refractivity contribution is 5.75. The van der Waals surface area contributed by atoms with Gasteiger partial charge in [0.25, 0.3) is 0 Å². The molecule has 0 radical (unpaired) electrons. The third kappa shape index (κ3) is 4.17. The van der Waals surface area contributed by atoms with Crippen LogP contribution in [-0.2, 0) is 9.53 Å². The van der Waals surface area contributed by atoms with Gasteiger partial charge in [-0.1, -0.05) is 12.1 Å². The molecule has 0 heterocycles. The van der Waals surface area contributed by atoms with Gasteiger partial charge in [0.1, 0.15) is 17.9 Å². The summed E-state index contributed by atoms with van der Waals surface area (Å²) in [5.74, 6) is -0.814. The molecule has 1 unspecified atom stereocenters. The number of hydrogen-bond acceptors (Lipinski definition) is 5. The number of phenols is 2. The monoisotopic (exact) mass is 267 g/mol. The Kier molecular flexibility index (Phi) is 4.37. The number of benzene rings is 1. The molecule has 1 rings (SSSR count). The lowest BCUT2D eigenvalue weighted by Crippen LogP contribution is -2.35. The largest absolute Gasteiger partial charge is 0.504 e. The number of nitrogens with one attached hydrogen (secondary N) is 1. The number of amides is 1. The van der Waals surface area contributed by atoms with Crippen molar-refractivity contribution in [3.8, 4) is 11.5 Å². The summed E-state index contributed by atoms with van der Waals surface area (Å²) < 4.78 is 5.01. The SMILES string of the molecule is CC(C)(C)OC(=O)NC(C=O)c1cccc(O)c1O. The van der Waals surface area contributed by atoms with Crippen LogP contribution >= 0.6 is 0 Å². The van der Waals surface area contributed by atoms with Crippen LogP contribution in [0, 0.1) is 0 Å². The second-order valence-corrected chi connectivity index (χ2v) is 4.97. The summed E-state index contributed by atoms with van der Waals surface area (Å²) in [6, 6.07) is 3.05. The van der Waals surface area contributed by atoms with Crippen LogP contribution in [0.2, 0.25) is 0 Å². The lowest BCUT2D eigenvalue weighted by molar-refractivity contribution is -0.109. The van der Waals surface area contributed by atoms with E-state index in [2.05, 4.69) is 5.32 Å². The molecule has 3 N–H and O–H groups in total. The van der Waals surface area contributed by atoms with E-state index in [1.807, 2.05) is 0 Å². The number of rotatable bonds is 3. The van der Waals surface area contributed by atoms with E-state index in [4.69, 9.17) is 4.74 Å². The summed E-state index contributed by atoms with van der Waals surface area (Å²) in [5, 5.41) is 21.3. The fourth-order valence-corrected chi connectivity index (χ4v) is 1.42. The Bertz CT molecular complexity index is 478. The maximum Gasteiger partial charge on any atom is 0.408 e. The highest BCUT2D eigenvalue weighted by Gasteiger charge is 2.22. The molecule has 1 atom stereocenters. The van der Waals surface area contributed by atoms with Gasteiger partial charge in [0, 0.05) is 5.56 Å². The third-order valence-electron chi connectivity index (χ3n) is 2.19. The van der Waals surface area contributed by atoms with E-state index >= 15 is 0 Å². The molecule has 1 aromatic carbocycles. The molecule has 1 aromatic rings. The molecule has 0 spiro atoms. The Morgan fingerprint density at radius 1 is 1.37 bits per heavy atom. The van der Waals surface area contributed by atoms with Crippen LogP contribution in [0.25, 0.3) is 0 Å². The van der Waals surface area contributed by atoms with Gasteiger partial charge in [-0.3, -0.25) is 0 Å². The zero-order valence-corrected chi connectivity index (χ0v) is 11.0. The molecular formula is C13H17NO5. The standard InChI is InChI=1S/C13H17NO5/c1-13(2,3)19-12(18)14-9(7-15)8-5-4-6-10(16)11(8)17/h4-7,9,16-17H,1-3H3,(H,14,18). The highest BCUT2D eigenvalue weighted by Crippen LogP contribution is 2.31. The Hall–Kier alpha value is -2.24. The van der Waals surface area contributed by atoms with Crippen molar-refractivity contribution in [2.45, 2.75) is 32.4 Å². The number of alkyl carbamates (subject to hydrolysis) is 1.